The van der Waals surface area contributed by atoms with Gasteiger partial charge in [-0.15, -0.1) is 5.73 Å². The van der Waals surface area contributed by atoms with E-state index in [1.54, 1.807) is 0 Å². The van der Waals surface area contributed by atoms with Gasteiger partial charge in [0.15, 0.2) is 0 Å². The van der Waals surface area contributed by atoms with Crippen molar-refractivity contribution in [1.82, 2.24) is 0 Å². The maximum Gasteiger partial charge on any atom is -0.0274 e. The molecule has 0 bridgehead atoms. The second-order valence-electron chi connectivity index (χ2n) is 3.57. The summed E-state index contributed by atoms with van der Waals surface area (Å²) in [4.78, 5) is 0. The SMILES string of the molecule is C/C=C/CCCCCC=C=CCCC. The Morgan fingerprint density at radius 3 is 2.36 bits per heavy atom. The lowest BCUT2D eigenvalue weighted by atomic mass is 10.1. The van der Waals surface area contributed by atoms with Crippen LogP contribution in [0.2, 0.25) is 0 Å². The molecule has 0 nitrogen and oxygen atoms in total. The summed E-state index contributed by atoms with van der Waals surface area (Å²) in [5, 5.41) is 0. The van der Waals surface area contributed by atoms with Gasteiger partial charge >= 0.3 is 0 Å². The summed E-state index contributed by atoms with van der Waals surface area (Å²) in [6, 6.07) is 0. The molecule has 0 aliphatic carbocycles. The van der Waals surface area contributed by atoms with Crippen molar-refractivity contribution in [2.75, 3.05) is 0 Å². The minimum absolute atomic E-state index is 1.16. The lowest BCUT2D eigenvalue weighted by Gasteiger charge is -1.93. The van der Waals surface area contributed by atoms with Crippen molar-refractivity contribution in [2.24, 2.45) is 0 Å². The number of unbranched alkanes of at least 4 members (excludes halogenated alkanes) is 5. The van der Waals surface area contributed by atoms with E-state index in [1.807, 2.05) is 0 Å². The molecule has 0 aromatic heterocycles. The number of hydrogen-bond acceptors (Lipinski definition) is 0. The lowest BCUT2D eigenvalue weighted by Crippen LogP contribution is -1.73. The van der Waals surface area contributed by atoms with Crippen molar-refractivity contribution in [3.05, 3.63) is 30.0 Å². The van der Waals surface area contributed by atoms with Crippen LogP contribution in [0.3, 0.4) is 0 Å². The van der Waals surface area contributed by atoms with Gasteiger partial charge in [-0.2, -0.15) is 0 Å². The smallest absolute Gasteiger partial charge is 0.0274 e. The van der Waals surface area contributed by atoms with Crippen LogP contribution in [-0.2, 0) is 0 Å². The van der Waals surface area contributed by atoms with Gasteiger partial charge in [0.05, 0.1) is 0 Å². The predicted molar refractivity (Wildman–Crippen MR) is 65.5 cm³/mol. The molecule has 0 rings (SSSR count). The average Bonchev–Trinajstić information content (AvgIpc) is 2.21. The third kappa shape index (κ3) is 11.3. The minimum Gasteiger partial charge on any atom is -0.130 e. The van der Waals surface area contributed by atoms with Crippen molar-refractivity contribution in [2.45, 2.75) is 58.8 Å². The van der Waals surface area contributed by atoms with Crippen molar-refractivity contribution in [3.8, 4) is 0 Å². The van der Waals surface area contributed by atoms with Crippen molar-refractivity contribution < 1.29 is 0 Å². The standard InChI is InChI=1S/C14H24/c1-3-5-7-9-11-13-14-12-10-8-6-4-2/h3,5,8,12H,4,6-7,9,11,13-14H2,1-2H3/b5-3+. The Labute approximate surface area is 89.4 Å². The third-order valence-electron chi connectivity index (χ3n) is 2.12. The molecule has 0 aromatic rings. The highest BCUT2D eigenvalue weighted by atomic mass is 13.9. The largest absolute Gasteiger partial charge is 0.130 e. The molecule has 0 aliphatic rings. The summed E-state index contributed by atoms with van der Waals surface area (Å²) in [5.74, 6) is 0. The van der Waals surface area contributed by atoms with Gasteiger partial charge in [0.25, 0.3) is 0 Å². The zero-order chi connectivity index (χ0) is 10.5. The molecule has 0 aromatic carbocycles. The average molecular weight is 192 g/mol. The zero-order valence-corrected chi connectivity index (χ0v) is 9.76. The van der Waals surface area contributed by atoms with E-state index in [0.717, 1.165) is 6.42 Å². The monoisotopic (exact) mass is 192 g/mol. The molecule has 14 heavy (non-hydrogen) atoms. The lowest BCUT2D eigenvalue weighted by molar-refractivity contribution is 0.696. The Balaban J connectivity index is 3.16. The molecule has 0 N–H and O–H groups in total. The van der Waals surface area contributed by atoms with Gasteiger partial charge in [0.2, 0.25) is 0 Å². The van der Waals surface area contributed by atoms with E-state index in [1.165, 1.54) is 38.5 Å². The van der Waals surface area contributed by atoms with Crippen molar-refractivity contribution in [3.63, 3.8) is 0 Å². The fraction of sp³-hybridized carbons (Fsp3) is 0.643. The highest BCUT2D eigenvalue weighted by Crippen LogP contribution is 2.03. The molecule has 0 heterocycles. The summed E-state index contributed by atoms with van der Waals surface area (Å²) < 4.78 is 0. The van der Waals surface area contributed by atoms with Gasteiger partial charge in [-0.25, -0.2) is 0 Å². The molecule has 0 aliphatic heterocycles. The molecule has 0 atom stereocenters. The summed E-state index contributed by atoms with van der Waals surface area (Å²) >= 11 is 0. The van der Waals surface area contributed by atoms with Crippen LogP contribution in [0.15, 0.2) is 30.0 Å². The van der Waals surface area contributed by atoms with Crippen LogP contribution < -0.4 is 0 Å². The van der Waals surface area contributed by atoms with Gasteiger partial charge in [-0.3, -0.25) is 0 Å². The van der Waals surface area contributed by atoms with E-state index in [0.29, 0.717) is 0 Å². The molecule has 0 unspecified atom stereocenters. The predicted octanol–water partition coefficient (Wildman–Crippen LogP) is 5.02. The number of rotatable bonds is 8. The fourth-order valence-corrected chi connectivity index (χ4v) is 1.25. The quantitative estimate of drug-likeness (QED) is 0.287. The molecule has 0 spiro atoms. The first-order chi connectivity index (χ1) is 6.91. The van der Waals surface area contributed by atoms with E-state index >= 15 is 0 Å². The molecular formula is C14H24. The summed E-state index contributed by atoms with van der Waals surface area (Å²) in [7, 11) is 0. The van der Waals surface area contributed by atoms with Gasteiger partial charge in [0.1, 0.15) is 0 Å². The van der Waals surface area contributed by atoms with Gasteiger partial charge in [0, 0.05) is 0 Å². The Morgan fingerprint density at radius 1 is 0.929 bits per heavy atom. The summed E-state index contributed by atoms with van der Waals surface area (Å²) in [6.45, 7) is 4.28. The first-order valence-electron chi connectivity index (χ1n) is 5.92. The minimum atomic E-state index is 1.16. The molecule has 0 heteroatoms. The topological polar surface area (TPSA) is 0 Å². The highest BCUT2D eigenvalue weighted by Gasteiger charge is 1.84. The zero-order valence-electron chi connectivity index (χ0n) is 9.76. The van der Waals surface area contributed by atoms with Gasteiger partial charge in [-0.1, -0.05) is 31.9 Å². The molecule has 0 saturated heterocycles. The summed E-state index contributed by atoms with van der Waals surface area (Å²) in [5.41, 5.74) is 3.22. The Kier molecular flexibility index (Phi) is 11.6. The molecule has 80 valence electrons. The second-order valence-corrected chi connectivity index (χ2v) is 3.57. The maximum atomic E-state index is 3.22. The van der Waals surface area contributed by atoms with Crippen molar-refractivity contribution >= 4 is 0 Å². The van der Waals surface area contributed by atoms with E-state index in [-0.39, 0.29) is 0 Å². The molecule has 0 saturated carbocycles. The van der Waals surface area contributed by atoms with Crippen LogP contribution in [0.4, 0.5) is 0 Å². The first-order valence-corrected chi connectivity index (χ1v) is 5.92. The molecule has 0 fully saturated rings. The van der Waals surface area contributed by atoms with Gasteiger partial charge < -0.3 is 0 Å². The number of allylic oxidation sites excluding steroid dienone is 3. The van der Waals surface area contributed by atoms with E-state index in [4.69, 9.17) is 0 Å². The summed E-state index contributed by atoms with van der Waals surface area (Å²) in [6.07, 6.45) is 17.5. The van der Waals surface area contributed by atoms with Crippen LogP contribution in [0, 0.1) is 0 Å². The van der Waals surface area contributed by atoms with E-state index in [9.17, 15) is 0 Å². The first kappa shape index (κ1) is 13.3. The molecular weight excluding hydrogens is 168 g/mol. The van der Waals surface area contributed by atoms with Crippen LogP contribution in [0.25, 0.3) is 0 Å². The van der Waals surface area contributed by atoms with E-state index < -0.39 is 0 Å². The Morgan fingerprint density at radius 2 is 1.64 bits per heavy atom. The molecule has 0 amide bonds. The molecule has 0 radical (unpaired) electrons. The van der Waals surface area contributed by atoms with Crippen LogP contribution >= 0.6 is 0 Å². The fourth-order valence-electron chi connectivity index (χ4n) is 1.25. The second kappa shape index (κ2) is 12.3. The number of hydrogen-bond donors (Lipinski definition) is 0. The van der Waals surface area contributed by atoms with Crippen LogP contribution in [0.1, 0.15) is 58.8 Å². The highest BCUT2D eigenvalue weighted by molar-refractivity contribution is 4.84. The normalized spacial score (nSPS) is 10.1. The third-order valence-corrected chi connectivity index (χ3v) is 2.12. The Hall–Kier alpha value is -0.740. The van der Waals surface area contributed by atoms with Gasteiger partial charge in [-0.05, 0) is 51.2 Å². The van der Waals surface area contributed by atoms with Crippen LogP contribution in [-0.4, -0.2) is 0 Å². The van der Waals surface area contributed by atoms with Crippen LogP contribution in [0.5, 0.6) is 0 Å². The maximum absolute atomic E-state index is 3.22. The van der Waals surface area contributed by atoms with Crippen molar-refractivity contribution in [1.29, 1.82) is 0 Å². The van der Waals surface area contributed by atoms with E-state index in [2.05, 4.69) is 43.9 Å². The Bertz CT molecular complexity index is 180.